The van der Waals surface area contributed by atoms with Crippen LogP contribution in [0.3, 0.4) is 0 Å². The Morgan fingerprint density at radius 3 is 2.81 bits per heavy atom. The van der Waals surface area contributed by atoms with Crippen LogP contribution in [0.5, 0.6) is 5.75 Å². The molecule has 0 aromatic heterocycles. The van der Waals surface area contributed by atoms with Crippen LogP contribution in [0.25, 0.3) is 0 Å². The van der Waals surface area contributed by atoms with Gasteiger partial charge in [0, 0.05) is 5.69 Å². The number of benzene rings is 2. The molecular weight excluding hydrogens is 295 g/mol. The van der Waals surface area contributed by atoms with Gasteiger partial charge in [0.2, 0.25) is 0 Å². The molecule has 0 radical (unpaired) electrons. The number of ether oxygens (including phenoxy) is 1. The fourth-order valence-electron chi connectivity index (χ4n) is 1.74. The minimum Gasteiger partial charge on any atom is -0.483 e. The zero-order valence-electron chi connectivity index (χ0n) is 11.3. The lowest BCUT2D eigenvalue weighted by Gasteiger charge is -2.11. The molecule has 0 aliphatic heterocycles. The predicted octanol–water partition coefficient (Wildman–Crippen LogP) is 3.39. The van der Waals surface area contributed by atoms with E-state index in [1.54, 1.807) is 25.1 Å². The molecule has 0 atom stereocenters. The van der Waals surface area contributed by atoms with Crippen LogP contribution in [0, 0.1) is 12.7 Å². The summed E-state index contributed by atoms with van der Waals surface area (Å²) in [7, 11) is 0. The van der Waals surface area contributed by atoms with Gasteiger partial charge in [-0.3, -0.25) is 4.79 Å². The van der Waals surface area contributed by atoms with Crippen molar-refractivity contribution >= 4 is 28.9 Å². The minimum atomic E-state index is -0.383. The Labute approximate surface area is 126 Å². The molecule has 2 aromatic carbocycles. The molecule has 2 aromatic rings. The molecule has 110 valence electrons. The highest BCUT2D eigenvalue weighted by molar-refractivity contribution is 6.33. The van der Waals surface area contributed by atoms with Crippen molar-refractivity contribution in [3.8, 4) is 5.75 Å². The van der Waals surface area contributed by atoms with Crippen molar-refractivity contribution in [3.05, 3.63) is 52.8 Å². The summed E-state index contributed by atoms with van der Waals surface area (Å²) < 4.78 is 18.3. The van der Waals surface area contributed by atoms with Crippen LogP contribution in [0.2, 0.25) is 5.02 Å². The maximum absolute atomic E-state index is 13.0. The largest absolute Gasteiger partial charge is 0.483 e. The molecule has 21 heavy (non-hydrogen) atoms. The van der Waals surface area contributed by atoms with E-state index in [2.05, 4.69) is 5.32 Å². The molecule has 2 rings (SSSR count). The van der Waals surface area contributed by atoms with Crippen LogP contribution in [0.4, 0.5) is 15.8 Å². The van der Waals surface area contributed by atoms with Crippen molar-refractivity contribution in [2.45, 2.75) is 6.92 Å². The summed E-state index contributed by atoms with van der Waals surface area (Å²) in [4.78, 5) is 11.8. The number of anilines is 2. The molecule has 1 amide bonds. The predicted molar refractivity (Wildman–Crippen MR) is 81.1 cm³/mol. The van der Waals surface area contributed by atoms with Crippen LogP contribution in [0.15, 0.2) is 36.4 Å². The van der Waals surface area contributed by atoms with Crippen molar-refractivity contribution in [1.29, 1.82) is 0 Å². The normalized spacial score (nSPS) is 10.2. The highest BCUT2D eigenvalue weighted by Crippen LogP contribution is 2.24. The third-order valence-corrected chi connectivity index (χ3v) is 3.09. The fraction of sp³-hybridized carbons (Fsp3) is 0.133. The van der Waals surface area contributed by atoms with Crippen LogP contribution in [-0.4, -0.2) is 12.5 Å². The highest BCUT2D eigenvalue weighted by Gasteiger charge is 2.08. The fourth-order valence-corrected chi connectivity index (χ4v) is 1.91. The van der Waals surface area contributed by atoms with E-state index in [1.165, 1.54) is 18.2 Å². The summed E-state index contributed by atoms with van der Waals surface area (Å²) in [5, 5.41) is 2.99. The lowest BCUT2D eigenvalue weighted by molar-refractivity contribution is -0.118. The SMILES string of the molecule is Cc1cc(F)ccc1OCC(=O)Nc1cc(N)ccc1Cl. The molecule has 0 fully saturated rings. The van der Waals surface area contributed by atoms with E-state index in [0.717, 1.165) is 0 Å². The topological polar surface area (TPSA) is 64.3 Å². The smallest absolute Gasteiger partial charge is 0.262 e. The zero-order valence-corrected chi connectivity index (χ0v) is 12.1. The zero-order chi connectivity index (χ0) is 15.4. The first-order valence-corrected chi connectivity index (χ1v) is 6.57. The van der Waals surface area contributed by atoms with Gasteiger partial charge in [0.1, 0.15) is 11.6 Å². The van der Waals surface area contributed by atoms with E-state index in [1.807, 2.05) is 0 Å². The van der Waals surface area contributed by atoms with Gasteiger partial charge in [-0.05, 0) is 48.9 Å². The second kappa shape index (κ2) is 6.45. The monoisotopic (exact) mass is 308 g/mol. The number of nitrogen functional groups attached to an aromatic ring is 1. The van der Waals surface area contributed by atoms with Crippen molar-refractivity contribution in [2.24, 2.45) is 0 Å². The summed E-state index contributed by atoms with van der Waals surface area (Å²) >= 11 is 5.95. The minimum absolute atomic E-state index is 0.211. The third-order valence-electron chi connectivity index (χ3n) is 2.76. The first-order chi connectivity index (χ1) is 9.95. The second-order valence-corrected chi connectivity index (χ2v) is 4.89. The summed E-state index contributed by atoms with van der Waals surface area (Å²) in [5.74, 6) is -0.285. The van der Waals surface area contributed by atoms with Crippen molar-refractivity contribution in [2.75, 3.05) is 17.7 Å². The number of nitrogens with two attached hydrogens (primary N) is 1. The third kappa shape index (κ3) is 4.10. The summed E-state index contributed by atoms with van der Waals surface area (Å²) in [5.41, 5.74) is 7.15. The lowest BCUT2D eigenvalue weighted by Crippen LogP contribution is -2.20. The second-order valence-electron chi connectivity index (χ2n) is 4.49. The Morgan fingerprint density at radius 1 is 1.33 bits per heavy atom. The number of nitrogens with one attached hydrogen (secondary N) is 1. The maximum Gasteiger partial charge on any atom is 0.262 e. The van der Waals surface area contributed by atoms with E-state index in [9.17, 15) is 9.18 Å². The first-order valence-electron chi connectivity index (χ1n) is 6.19. The molecular formula is C15H14ClFN2O2. The van der Waals surface area contributed by atoms with Gasteiger partial charge in [0.05, 0.1) is 10.7 Å². The lowest BCUT2D eigenvalue weighted by atomic mass is 10.2. The van der Waals surface area contributed by atoms with Crippen LogP contribution in [-0.2, 0) is 4.79 Å². The Balaban J connectivity index is 1.97. The Morgan fingerprint density at radius 2 is 2.10 bits per heavy atom. The van der Waals surface area contributed by atoms with Gasteiger partial charge in [-0.25, -0.2) is 4.39 Å². The Kier molecular flexibility index (Phi) is 4.65. The Hall–Kier alpha value is -2.27. The van der Waals surface area contributed by atoms with Crippen LogP contribution < -0.4 is 15.8 Å². The van der Waals surface area contributed by atoms with Gasteiger partial charge in [0.15, 0.2) is 6.61 Å². The number of carbonyl (C=O) groups is 1. The number of carbonyl (C=O) groups excluding carboxylic acids is 1. The number of amides is 1. The van der Waals surface area contributed by atoms with Crippen molar-refractivity contribution < 1.29 is 13.9 Å². The number of aryl methyl sites for hydroxylation is 1. The van der Waals surface area contributed by atoms with Crippen LogP contribution >= 0.6 is 11.6 Å². The molecule has 3 N–H and O–H groups in total. The van der Waals surface area contributed by atoms with Gasteiger partial charge in [-0.1, -0.05) is 11.6 Å². The van der Waals surface area contributed by atoms with E-state index in [-0.39, 0.29) is 18.3 Å². The molecule has 0 aliphatic rings. The number of hydrogen-bond acceptors (Lipinski definition) is 3. The molecule has 0 bridgehead atoms. The number of halogens is 2. The van der Waals surface area contributed by atoms with E-state index >= 15 is 0 Å². The maximum atomic E-state index is 13.0. The van der Waals surface area contributed by atoms with Gasteiger partial charge in [-0.2, -0.15) is 0 Å². The molecule has 6 heteroatoms. The molecule has 0 saturated carbocycles. The summed E-state index contributed by atoms with van der Waals surface area (Å²) in [6.07, 6.45) is 0. The average Bonchev–Trinajstić information content (AvgIpc) is 2.42. The molecule has 0 saturated heterocycles. The molecule has 0 spiro atoms. The molecule has 0 aliphatic carbocycles. The molecule has 4 nitrogen and oxygen atoms in total. The number of hydrogen-bond donors (Lipinski definition) is 2. The van der Waals surface area contributed by atoms with E-state index in [0.29, 0.717) is 27.7 Å². The van der Waals surface area contributed by atoms with E-state index in [4.69, 9.17) is 22.1 Å². The van der Waals surface area contributed by atoms with Gasteiger partial charge >= 0.3 is 0 Å². The summed E-state index contributed by atoms with van der Waals surface area (Å²) in [6, 6.07) is 8.87. The standard InChI is InChI=1S/C15H14ClFN2O2/c1-9-6-10(17)2-5-14(9)21-8-15(20)19-13-7-11(18)3-4-12(13)16/h2-7H,8,18H2,1H3,(H,19,20). The van der Waals surface area contributed by atoms with Crippen LogP contribution in [0.1, 0.15) is 5.56 Å². The summed E-state index contributed by atoms with van der Waals surface area (Å²) in [6.45, 7) is 1.49. The van der Waals surface area contributed by atoms with E-state index < -0.39 is 0 Å². The van der Waals surface area contributed by atoms with Crippen molar-refractivity contribution in [3.63, 3.8) is 0 Å². The number of rotatable bonds is 4. The molecule has 0 unspecified atom stereocenters. The first kappa shape index (κ1) is 15.1. The van der Waals surface area contributed by atoms with Crippen molar-refractivity contribution in [1.82, 2.24) is 0 Å². The van der Waals surface area contributed by atoms with Gasteiger partial charge < -0.3 is 15.8 Å². The average molecular weight is 309 g/mol. The molecule has 0 heterocycles. The highest BCUT2D eigenvalue weighted by atomic mass is 35.5. The quantitative estimate of drug-likeness (QED) is 0.851. The van der Waals surface area contributed by atoms with Gasteiger partial charge in [0.25, 0.3) is 5.91 Å². The Bertz CT molecular complexity index is 677. The van der Waals surface area contributed by atoms with Gasteiger partial charge in [-0.15, -0.1) is 0 Å².